The van der Waals surface area contributed by atoms with E-state index >= 15 is 0 Å². The normalized spacial score (nSPS) is 14.3. The van der Waals surface area contributed by atoms with E-state index in [0.717, 1.165) is 18.2 Å². The summed E-state index contributed by atoms with van der Waals surface area (Å²) in [7, 11) is 0. The van der Waals surface area contributed by atoms with Crippen molar-refractivity contribution < 1.29 is 31.1 Å². The number of anilines is 1. The maximum absolute atomic E-state index is 12.5. The average molecular weight is 287 g/mol. The molecule has 2 nitrogen and oxygen atoms in total. The third-order valence-electron chi connectivity index (χ3n) is 2.12. The van der Waals surface area contributed by atoms with Crippen LogP contribution in [0.3, 0.4) is 0 Å². The van der Waals surface area contributed by atoms with Gasteiger partial charge in [0.25, 0.3) is 0 Å². The highest BCUT2D eigenvalue weighted by molar-refractivity contribution is 5.47. The van der Waals surface area contributed by atoms with Gasteiger partial charge < -0.3 is 10.1 Å². The lowest BCUT2D eigenvalue weighted by Gasteiger charge is -2.22. The van der Waals surface area contributed by atoms with Gasteiger partial charge in [0.2, 0.25) is 6.23 Å². The first kappa shape index (κ1) is 15.6. The van der Waals surface area contributed by atoms with Crippen LogP contribution in [0.15, 0.2) is 24.3 Å². The van der Waals surface area contributed by atoms with Crippen LogP contribution in [0.5, 0.6) is 0 Å². The number of rotatable bonds is 4. The van der Waals surface area contributed by atoms with Gasteiger partial charge in [-0.15, -0.1) is 0 Å². The lowest BCUT2D eigenvalue weighted by molar-refractivity contribution is -0.209. The van der Waals surface area contributed by atoms with Crippen LogP contribution in [-0.2, 0) is 10.9 Å². The highest BCUT2D eigenvalue weighted by Gasteiger charge is 2.41. The minimum atomic E-state index is -4.72. The van der Waals surface area contributed by atoms with E-state index in [2.05, 4.69) is 4.74 Å². The third-order valence-corrected chi connectivity index (χ3v) is 2.12. The van der Waals surface area contributed by atoms with Gasteiger partial charge in [-0.2, -0.15) is 26.3 Å². The molecule has 0 radical (unpaired) electrons. The number of halogens is 6. The van der Waals surface area contributed by atoms with Crippen molar-refractivity contribution in [3.05, 3.63) is 29.8 Å². The molecule has 1 rings (SSSR count). The topological polar surface area (TPSA) is 21.3 Å². The Morgan fingerprint density at radius 3 is 2.26 bits per heavy atom. The molecule has 19 heavy (non-hydrogen) atoms. The van der Waals surface area contributed by atoms with Gasteiger partial charge in [-0.25, -0.2) is 0 Å². The summed E-state index contributed by atoms with van der Waals surface area (Å²) in [5.74, 6) is 0. The van der Waals surface area contributed by atoms with Crippen LogP contribution in [0.25, 0.3) is 0 Å². The lowest BCUT2D eigenvalue weighted by Crippen LogP contribution is -2.38. The molecular formula is C11H11F6NO. The predicted molar refractivity (Wildman–Crippen MR) is 56.5 cm³/mol. The van der Waals surface area contributed by atoms with Crippen LogP contribution in [0.1, 0.15) is 12.5 Å². The van der Waals surface area contributed by atoms with Crippen LogP contribution in [0.4, 0.5) is 32.0 Å². The number of hydrogen-bond acceptors (Lipinski definition) is 2. The van der Waals surface area contributed by atoms with E-state index in [1.165, 1.54) is 6.92 Å². The smallest absolute Gasteiger partial charge is 0.353 e. The standard InChI is InChI=1S/C11H11F6NO/c1-2-19-9(11(15,16)17)18-8-5-3-4-7(6-8)10(12,13)14/h3-6,9,18H,2H2,1H3. The fourth-order valence-corrected chi connectivity index (χ4v) is 1.32. The molecule has 0 saturated carbocycles. The minimum absolute atomic E-state index is 0.226. The zero-order valence-corrected chi connectivity index (χ0v) is 9.77. The molecule has 0 amide bonds. The number of alkyl halides is 6. The van der Waals surface area contributed by atoms with Crippen molar-refractivity contribution in [3.63, 3.8) is 0 Å². The van der Waals surface area contributed by atoms with Gasteiger partial charge >= 0.3 is 12.4 Å². The van der Waals surface area contributed by atoms with Gasteiger partial charge in [-0.3, -0.25) is 0 Å². The molecule has 0 aliphatic heterocycles. The Hall–Kier alpha value is -1.44. The maximum Gasteiger partial charge on any atom is 0.433 e. The summed E-state index contributed by atoms with van der Waals surface area (Å²) in [6.45, 7) is 1.13. The van der Waals surface area contributed by atoms with Crippen LogP contribution >= 0.6 is 0 Å². The summed E-state index contributed by atoms with van der Waals surface area (Å²) < 4.78 is 79.2. The van der Waals surface area contributed by atoms with Crippen LogP contribution < -0.4 is 5.32 Å². The fraction of sp³-hybridized carbons (Fsp3) is 0.455. The van der Waals surface area contributed by atoms with E-state index in [4.69, 9.17) is 0 Å². The van der Waals surface area contributed by atoms with Gasteiger partial charge in [0, 0.05) is 12.3 Å². The summed E-state index contributed by atoms with van der Waals surface area (Å²) in [4.78, 5) is 0. The van der Waals surface area contributed by atoms with Crippen molar-refractivity contribution in [1.29, 1.82) is 0 Å². The molecule has 108 valence electrons. The molecule has 0 saturated heterocycles. The Morgan fingerprint density at radius 1 is 1.16 bits per heavy atom. The Bertz CT molecular complexity index is 414. The molecule has 1 N–H and O–H groups in total. The van der Waals surface area contributed by atoms with Crippen LogP contribution in [0.2, 0.25) is 0 Å². The van der Waals surface area contributed by atoms with E-state index in [1.54, 1.807) is 0 Å². The monoisotopic (exact) mass is 287 g/mol. The molecule has 8 heteroatoms. The second-order valence-electron chi connectivity index (χ2n) is 3.60. The molecular weight excluding hydrogens is 276 g/mol. The fourth-order valence-electron chi connectivity index (χ4n) is 1.32. The van der Waals surface area contributed by atoms with Gasteiger partial charge in [0.15, 0.2) is 0 Å². The Kier molecular flexibility index (Phi) is 4.67. The van der Waals surface area contributed by atoms with E-state index in [-0.39, 0.29) is 12.3 Å². The molecule has 1 unspecified atom stereocenters. The second-order valence-corrected chi connectivity index (χ2v) is 3.60. The molecule has 0 fully saturated rings. The Balaban J connectivity index is 2.91. The molecule has 0 aliphatic carbocycles. The first-order chi connectivity index (χ1) is 8.64. The third kappa shape index (κ3) is 4.62. The predicted octanol–water partition coefficient (Wildman–Crippen LogP) is 4.04. The van der Waals surface area contributed by atoms with Gasteiger partial charge in [0.05, 0.1) is 5.56 Å². The highest BCUT2D eigenvalue weighted by atomic mass is 19.4. The molecule has 0 aliphatic rings. The molecule has 1 atom stereocenters. The van der Waals surface area contributed by atoms with E-state index < -0.39 is 24.1 Å². The minimum Gasteiger partial charge on any atom is -0.353 e. The van der Waals surface area contributed by atoms with Crippen molar-refractivity contribution >= 4 is 5.69 Å². The van der Waals surface area contributed by atoms with Crippen molar-refractivity contribution in [2.45, 2.75) is 25.5 Å². The first-order valence-corrected chi connectivity index (χ1v) is 5.26. The highest BCUT2D eigenvalue weighted by Crippen LogP contribution is 2.32. The van der Waals surface area contributed by atoms with E-state index in [1.807, 2.05) is 5.32 Å². The van der Waals surface area contributed by atoms with Crippen molar-refractivity contribution in [1.82, 2.24) is 0 Å². The number of nitrogens with one attached hydrogen (secondary N) is 1. The zero-order valence-electron chi connectivity index (χ0n) is 9.77. The summed E-state index contributed by atoms with van der Waals surface area (Å²) in [5.41, 5.74) is -1.35. The van der Waals surface area contributed by atoms with Crippen molar-refractivity contribution in [2.75, 3.05) is 11.9 Å². The van der Waals surface area contributed by atoms with E-state index in [9.17, 15) is 26.3 Å². The molecule has 0 aromatic heterocycles. The molecule has 1 aromatic carbocycles. The Labute approximate surface area is 105 Å². The van der Waals surface area contributed by atoms with Crippen molar-refractivity contribution in [3.8, 4) is 0 Å². The summed E-state index contributed by atoms with van der Waals surface area (Å²) in [5, 5.41) is 1.89. The molecule has 0 bridgehead atoms. The quantitative estimate of drug-likeness (QED) is 0.666. The number of ether oxygens (including phenoxy) is 1. The second kappa shape index (κ2) is 5.68. The summed E-state index contributed by atoms with van der Waals surface area (Å²) >= 11 is 0. The van der Waals surface area contributed by atoms with E-state index in [0.29, 0.717) is 6.07 Å². The maximum atomic E-state index is 12.5. The zero-order chi connectivity index (χ0) is 14.7. The Morgan fingerprint density at radius 2 is 1.79 bits per heavy atom. The lowest BCUT2D eigenvalue weighted by atomic mass is 10.2. The van der Waals surface area contributed by atoms with Gasteiger partial charge in [-0.1, -0.05) is 6.07 Å². The number of benzene rings is 1. The SMILES string of the molecule is CCOC(Nc1cccc(C(F)(F)F)c1)C(F)(F)F. The molecule has 0 heterocycles. The summed E-state index contributed by atoms with van der Waals surface area (Å²) in [6.07, 6.45) is -11.7. The summed E-state index contributed by atoms with van der Waals surface area (Å²) in [6, 6.07) is 3.49. The van der Waals surface area contributed by atoms with Gasteiger partial charge in [-0.05, 0) is 25.1 Å². The number of hydrogen-bond donors (Lipinski definition) is 1. The molecule has 1 aromatic rings. The van der Waals surface area contributed by atoms with Crippen LogP contribution in [-0.4, -0.2) is 19.0 Å². The van der Waals surface area contributed by atoms with Crippen molar-refractivity contribution in [2.24, 2.45) is 0 Å². The van der Waals surface area contributed by atoms with Crippen LogP contribution in [0, 0.1) is 0 Å². The largest absolute Gasteiger partial charge is 0.433 e. The average Bonchev–Trinajstić information content (AvgIpc) is 2.26. The first-order valence-electron chi connectivity index (χ1n) is 5.26. The van der Waals surface area contributed by atoms with Gasteiger partial charge in [0.1, 0.15) is 0 Å². The molecule has 0 spiro atoms.